The molecule has 0 fully saturated rings. The molecular weight excluding hydrogens is 268 g/mol. The van der Waals surface area contributed by atoms with Crippen LogP contribution in [-0.4, -0.2) is 41.6 Å². The highest BCUT2D eigenvalue weighted by Gasteiger charge is 2.14. The lowest BCUT2D eigenvalue weighted by molar-refractivity contribution is 0.547. The molecule has 20 heavy (non-hydrogen) atoms. The number of thioether (sulfide) groups is 1. The number of hydrogen-bond donors (Lipinski definition) is 1. The second kappa shape index (κ2) is 9.19. The topological polar surface area (TPSA) is 41.1 Å². The average molecular weight is 296 g/mol. The molecule has 0 amide bonds. The maximum Gasteiger partial charge on any atom is 0.147 e. The normalized spacial score (nSPS) is 12.7. The van der Waals surface area contributed by atoms with Gasteiger partial charge in [-0.2, -0.15) is 11.8 Å². The molecule has 1 N–H and O–H groups in total. The van der Waals surface area contributed by atoms with E-state index in [1.54, 1.807) is 0 Å². The van der Waals surface area contributed by atoms with Gasteiger partial charge in [-0.25, -0.2) is 4.98 Å². The van der Waals surface area contributed by atoms with E-state index in [0.717, 1.165) is 36.8 Å². The molecule has 0 aliphatic rings. The molecule has 1 atom stereocenters. The van der Waals surface area contributed by atoms with Crippen molar-refractivity contribution in [2.75, 3.05) is 30.5 Å². The minimum absolute atomic E-state index is 0.512. The van der Waals surface area contributed by atoms with Gasteiger partial charge in [0.2, 0.25) is 0 Å². The van der Waals surface area contributed by atoms with Gasteiger partial charge in [0.05, 0.1) is 11.9 Å². The molecule has 1 heterocycles. The molecule has 0 saturated heterocycles. The molecule has 0 saturated carbocycles. The van der Waals surface area contributed by atoms with E-state index in [1.165, 1.54) is 0 Å². The van der Waals surface area contributed by atoms with Gasteiger partial charge < -0.3 is 10.2 Å². The first-order valence-electron chi connectivity index (χ1n) is 7.31. The van der Waals surface area contributed by atoms with Gasteiger partial charge in [-0.1, -0.05) is 20.8 Å². The fourth-order valence-corrected chi connectivity index (χ4v) is 2.87. The molecule has 1 aromatic rings. The van der Waals surface area contributed by atoms with E-state index in [4.69, 9.17) is 4.98 Å². The summed E-state index contributed by atoms with van der Waals surface area (Å²) in [4.78, 5) is 11.3. The standard InChI is InChI=1S/C15H28N4S/c1-6-14(11-20-5)19(4)15-10-17-9-13(18-15)8-16-7-12(2)3/h9-10,12,14,16H,6-8,11H2,1-5H3. The van der Waals surface area contributed by atoms with Crippen LogP contribution in [0.1, 0.15) is 32.9 Å². The largest absolute Gasteiger partial charge is 0.355 e. The van der Waals surface area contributed by atoms with Crippen molar-refractivity contribution in [2.45, 2.75) is 39.8 Å². The molecule has 5 heteroatoms. The molecule has 0 spiro atoms. The maximum atomic E-state index is 4.71. The summed E-state index contributed by atoms with van der Waals surface area (Å²) in [6.45, 7) is 8.42. The van der Waals surface area contributed by atoms with Crippen LogP contribution in [0.15, 0.2) is 12.4 Å². The molecule has 0 bridgehead atoms. The number of anilines is 1. The van der Waals surface area contributed by atoms with Crippen molar-refractivity contribution in [3.05, 3.63) is 18.1 Å². The predicted octanol–water partition coefficient (Wildman–Crippen LogP) is 2.80. The summed E-state index contributed by atoms with van der Waals surface area (Å²) in [6.07, 6.45) is 6.97. The Morgan fingerprint density at radius 2 is 2.10 bits per heavy atom. The number of nitrogens with zero attached hydrogens (tertiary/aromatic N) is 3. The predicted molar refractivity (Wildman–Crippen MR) is 89.4 cm³/mol. The van der Waals surface area contributed by atoms with Crippen LogP contribution in [0.3, 0.4) is 0 Å². The third-order valence-electron chi connectivity index (χ3n) is 3.27. The minimum atomic E-state index is 0.512. The van der Waals surface area contributed by atoms with Crippen LogP contribution in [0, 0.1) is 5.92 Å². The molecule has 4 nitrogen and oxygen atoms in total. The second-order valence-corrected chi connectivity index (χ2v) is 6.43. The van der Waals surface area contributed by atoms with Crippen molar-refractivity contribution in [3.8, 4) is 0 Å². The molecule has 1 aromatic heterocycles. The first-order valence-corrected chi connectivity index (χ1v) is 8.71. The van der Waals surface area contributed by atoms with E-state index in [9.17, 15) is 0 Å². The Kier molecular flexibility index (Phi) is 7.92. The summed E-state index contributed by atoms with van der Waals surface area (Å²) in [5, 5.41) is 3.41. The zero-order chi connectivity index (χ0) is 15.0. The van der Waals surface area contributed by atoms with Crippen LogP contribution in [0.2, 0.25) is 0 Å². The van der Waals surface area contributed by atoms with E-state index < -0.39 is 0 Å². The van der Waals surface area contributed by atoms with Crippen molar-refractivity contribution in [1.29, 1.82) is 0 Å². The molecule has 114 valence electrons. The van der Waals surface area contributed by atoms with Crippen LogP contribution in [0.5, 0.6) is 0 Å². The van der Waals surface area contributed by atoms with E-state index >= 15 is 0 Å². The molecular formula is C15H28N4S. The fourth-order valence-electron chi connectivity index (χ4n) is 2.02. The quantitative estimate of drug-likeness (QED) is 0.759. The van der Waals surface area contributed by atoms with Crippen LogP contribution in [-0.2, 0) is 6.54 Å². The smallest absolute Gasteiger partial charge is 0.147 e. The van der Waals surface area contributed by atoms with E-state index in [0.29, 0.717) is 12.0 Å². The number of hydrogen-bond acceptors (Lipinski definition) is 5. The Morgan fingerprint density at radius 3 is 2.70 bits per heavy atom. The molecule has 0 aliphatic heterocycles. The van der Waals surface area contributed by atoms with Gasteiger partial charge in [0.25, 0.3) is 0 Å². The maximum absolute atomic E-state index is 4.71. The van der Waals surface area contributed by atoms with Crippen LogP contribution < -0.4 is 10.2 Å². The summed E-state index contributed by atoms with van der Waals surface area (Å²) in [7, 11) is 2.11. The zero-order valence-electron chi connectivity index (χ0n) is 13.4. The monoisotopic (exact) mass is 296 g/mol. The summed E-state index contributed by atoms with van der Waals surface area (Å²) in [5.74, 6) is 2.74. The SMILES string of the molecule is CCC(CSC)N(C)c1cncc(CNCC(C)C)n1. The lowest BCUT2D eigenvalue weighted by Crippen LogP contribution is -2.34. The summed E-state index contributed by atoms with van der Waals surface area (Å²) < 4.78 is 0. The van der Waals surface area contributed by atoms with Crippen molar-refractivity contribution in [2.24, 2.45) is 5.92 Å². The lowest BCUT2D eigenvalue weighted by atomic mass is 10.2. The highest BCUT2D eigenvalue weighted by molar-refractivity contribution is 7.98. The fraction of sp³-hybridized carbons (Fsp3) is 0.733. The minimum Gasteiger partial charge on any atom is -0.355 e. The van der Waals surface area contributed by atoms with Crippen LogP contribution >= 0.6 is 11.8 Å². The van der Waals surface area contributed by atoms with Crippen molar-refractivity contribution in [1.82, 2.24) is 15.3 Å². The Morgan fingerprint density at radius 1 is 1.35 bits per heavy atom. The Hall–Kier alpha value is -0.810. The van der Waals surface area contributed by atoms with Gasteiger partial charge in [-0.15, -0.1) is 0 Å². The molecule has 0 aromatic carbocycles. The van der Waals surface area contributed by atoms with Gasteiger partial charge in [-0.05, 0) is 25.1 Å². The summed E-state index contributed by atoms with van der Waals surface area (Å²) in [6, 6.07) is 0.512. The van der Waals surface area contributed by atoms with Crippen molar-refractivity contribution < 1.29 is 0 Å². The third-order valence-corrected chi connectivity index (χ3v) is 3.99. The highest BCUT2D eigenvalue weighted by Crippen LogP contribution is 2.16. The average Bonchev–Trinajstić information content (AvgIpc) is 2.44. The molecule has 1 unspecified atom stereocenters. The van der Waals surface area contributed by atoms with Gasteiger partial charge in [-0.3, -0.25) is 4.98 Å². The lowest BCUT2D eigenvalue weighted by Gasteiger charge is -2.27. The number of rotatable bonds is 9. The zero-order valence-corrected chi connectivity index (χ0v) is 14.2. The van der Waals surface area contributed by atoms with Gasteiger partial charge in [0.15, 0.2) is 0 Å². The van der Waals surface area contributed by atoms with Crippen LogP contribution in [0.4, 0.5) is 5.82 Å². The molecule has 1 rings (SSSR count). The van der Waals surface area contributed by atoms with Crippen LogP contribution in [0.25, 0.3) is 0 Å². The molecule has 0 aliphatic carbocycles. The highest BCUT2D eigenvalue weighted by atomic mass is 32.2. The van der Waals surface area contributed by atoms with E-state index in [1.807, 2.05) is 24.2 Å². The van der Waals surface area contributed by atoms with Gasteiger partial charge in [0, 0.05) is 31.6 Å². The Labute approximate surface area is 127 Å². The van der Waals surface area contributed by atoms with E-state index in [2.05, 4.69) is 49.3 Å². The number of aromatic nitrogens is 2. The Bertz CT molecular complexity index is 384. The Balaban J connectivity index is 2.66. The van der Waals surface area contributed by atoms with Gasteiger partial charge >= 0.3 is 0 Å². The third kappa shape index (κ3) is 5.67. The van der Waals surface area contributed by atoms with E-state index in [-0.39, 0.29) is 0 Å². The molecule has 0 radical (unpaired) electrons. The van der Waals surface area contributed by atoms with Crippen molar-refractivity contribution >= 4 is 17.6 Å². The van der Waals surface area contributed by atoms with Gasteiger partial charge in [0.1, 0.15) is 5.82 Å². The second-order valence-electron chi connectivity index (χ2n) is 5.52. The first kappa shape index (κ1) is 17.2. The first-order chi connectivity index (χ1) is 9.58. The summed E-state index contributed by atoms with van der Waals surface area (Å²) >= 11 is 1.88. The summed E-state index contributed by atoms with van der Waals surface area (Å²) in [5.41, 5.74) is 1.01. The number of nitrogens with one attached hydrogen (secondary N) is 1. The van der Waals surface area contributed by atoms with Crippen molar-refractivity contribution in [3.63, 3.8) is 0 Å².